The molecule has 0 radical (unpaired) electrons. The number of nitrogens with two attached hydrogens (primary N) is 1. The van der Waals surface area contributed by atoms with Crippen molar-refractivity contribution in [2.45, 2.75) is 20.4 Å². The van der Waals surface area contributed by atoms with E-state index in [0.717, 1.165) is 11.3 Å². The predicted molar refractivity (Wildman–Crippen MR) is 76.9 cm³/mol. The number of benzene rings is 1. The number of nitrogens with zero attached hydrogens (tertiary/aromatic N) is 2. The minimum atomic E-state index is -0.205. The molecule has 4 N–H and O–H groups in total. The minimum absolute atomic E-state index is 0.205. The largest absolute Gasteiger partial charge is 0.346 e. The molecular weight excluding hydrogens is 254 g/mol. The third-order valence-electron chi connectivity index (χ3n) is 2.84. The lowest BCUT2D eigenvalue weighted by Crippen LogP contribution is -2.25. The summed E-state index contributed by atoms with van der Waals surface area (Å²) in [6.07, 6.45) is 3.31. The van der Waals surface area contributed by atoms with E-state index in [2.05, 4.69) is 20.7 Å². The number of aryl methyl sites for hydroxylation is 2. The molecule has 0 saturated heterocycles. The number of carbonyl (C=O) groups excluding carboxylic acids is 1. The lowest BCUT2D eigenvalue weighted by atomic mass is 10.1. The zero-order chi connectivity index (χ0) is 14.5. The van der Waals surface area contributed by atoms with Crippen LogP contribution in [0.1, 0.15) is 27.3 Å². The second kappa shape index (κ2) is 6.12. The Labute approximate surface area is 117 Å². The van der Waals surface area contributed by atoms with Gasteiger partial charge in [-0.3, -0.25) is 20.6 Å². The SMILES string of the molecule is Cc1ccc(NN)c(C(=O)NCc2cnc(C)cn2)c1. The molecule has 1 aromatic heterocycles. The van der Waals surface area contributed by atoms with Crippen molar-refractivity contribution in [2.75, 3.05) is 5.43 Å². The average molecular weight is 271 g/mol. The molecule has 6 heteroatoms. The van der Waals surface area contributed by atoms with Gasteiger partial charge in [-0.05, 0) is 26.0 Å². The van der Waals surface area contributed by atoms with Gasteiger partial charge in [0.2, 0.25) is 0 Å². The van der Waals surface area contributed by atoms with Crippen LogP contribution in [0, 0.1) is 13.8 Å². The van der Waals surface area contributed by atoms with Gasteiger partial charge < -0.3 is 10.7 Å². The fourth-order valence-electron chi connectivity index (χ4n) is 1.75. The second-order valence-electron chi connectivity index (χ2n) is 4.53. The maximum atomic E-state index is 12.2. The highest BCUT2D eigenvalue weighted by Gasteiger charge is 2.11. The van der Waals surface area contributed by atoms with Crippen molar-refractivity contribution in [3.63, 3.8) is 0 Å². The predicted octanol–water partition coefficient (Wildman–Crippen LogP) is 1.31. The first kappa shape index (κ1) is 14.0. The summed E-state index contributed by atoms with van der Waals surface area (Å²) in [7, 11) is 0. The summed E-state index contributed by atoms with van der Waals surface area (Å²) in [5.74, 6) is 5.21. The second-order valence-corrected chi connectivity index (χ2v) is 4.53. The number of nitrogens with one attached hydrogen (secondary N) is 2. The Bertz CT molecular complexity index is 609. The molecule has 0 unspecified atom stereocenters. The molecule has 0 aliphatic carbocycles. The highest BCUT2D eigenvalue weighted by molar-refractivity contribution is 5.99. The molecule has 104 valence electrons. The molecule has 6 nitrogen and oxygen atoms in total. The third kappa shape index (κ3) is 3.30. The summed E-state index contributed by atoms with van der Waals surface area (Å²) >= 11 is 0. The normalized spacial score (nSPS) is 10.2. The van der Waals surface area contributed by atoms with Gasteiger partial charge >= 0.3 is 0 Å². The monoisotopic (exact) mass is 271 g/mol. The number of aromatic nitrogens is 2. The van der Waals surface area contributed by atoms with Crippen LogP contribution >= 0.6 is 0 Å². The molecule has 0 aliphatic rings. The number of hydrazine groups is 1. The minimum Gasteiger partial charge on any atom is -0.346 e. The van der Waals surface area contributed by atoms with Crippen LogP contribution < -0.4 is 16.6 Å². The van der Waals surface area contributed by atoms with Gasteiger partial charge in [-0.2, -0.15) is 0 Å². The lowest BCUT2D eigenvalue weighted by molar-refractivity contribution is 0.0951. The first-order valence-electron chi connectivity index (χ1n) is 6.23. The fraction of sp³-hybridized carbons (Fsp3) is 0.214. The Morgan fingerprint density at radius 1 is 1.25 bits per heavy atom. The molecule has 1 aromatic carbocycles. The van der Waals surface area contributed by atoms with Crippen LogP contribution in [-0.4, -0.2) is 15.9 Å². The molecule has 2 rings (SSSR count). The first-order valence-corrected chi connectivity index (χ1v) is 6.23. The summed E-state index contributed by atoms with van der Waals surface area (Å²) in [6.45, 7) is 4.11. The third-order valence-corrected chi connectivity index (χ3v) is 2.84. The molecule has 20 heavy (non-hydrogen) atoms. The zero-order valence-electron chi connectivity index (χ0n) is 11.5. The van der Waals surface area contributed by atoms with Crippen LogP contribution in [0.4, 0.5) is 5.69 Å². The molecule has 1 amide bonds. The van der Waals surface area contributed by atoms with E-state index in [1.165, 1.54) is 0 Å². The van der Waals surface area contributed by atoms with Crippen molar-refractivity contribution in [2.24, 2.45) is 5.84 Å². The summed E-state index contributed by atoms with van der Waals surface area (Å²) in [5, 5.41) is 2.80. The topological polar surface area (TPSA) is 92.9 Å². The number of carbonyl (C=O) groups is 1. The van der Waals surface area contributed by atoms with E-state index in [-0.39, 0.29) is 5.91 Å². The molecule has 0 fully saturated rings. The summed E-state index contributed by atoms with van der Waals surface area (Å²) in [6, 6.07) is 5.44. The quantitative estimate of drug-likeness (QED) is 0.576. The van der Waals surface area contributed by atoms with Crippen LogP contribution in [0.5, 0.6) is 0 Å². The Kier molecular flexibility index (Phi) is 4.27. The van der Waals surface area contributed by atoms with Gasteiger partial charge in [0.1, 0.15) is 0 Å². The van der Waals surface area contributed by atoms with Crippen LogP contribution in [0.25, 0.3) is 0 Å². The van der Waals surface area contributed by atoms with Gasteiger partial charge in [0.25, 0.3) is 5.91 Å². The number of hydrogen-bond acceptors (Lipinski definition) is 5. The maximum absolute atomic E-state index is 12.2. The number of rotatable bonds is 4. The average Bonchev–Trinajstić information content (AvgIpc) is 2.46. The first-order chi connectivity index (χ1) is 9.60. The maximum Gasteiger partial charge on any atom is 0.253 e. The summed E-state index contributed by atoms with van der Waals surface area (Å²) in [5.41, 5.74) is 6.15. The molecule has 2 aromatic rings. The molecule has 0 spiro atoms. The van der Waals surface area contributed by atoms with Crippen molar-refractivity contribution in [3.8, 4) is 0 Å². The van der Waals surface area contributed by atoms with Gasteiger partial charge in [-0.1, -0.05) is 11.6 Å². The van der Waals surface area contributed by atoms with Crippen molar-refractivity contribution < 1.29 is 4.79 Å². The zero-order valence-corrected chi connectivity index (χ0v) is 11.5. The van der Waals surface area contributed by atoms with Gasteiger partial charge in [-0.25, -0.2) is 0 Å². The standard InChI is InChI=1S/C14H17N5O/c1-9-3-4-13(19-15)12(5-9)14(20)18-8-11-7-16-10(2)6-17-11/h3-7,19H,8,15H2,1-2H3,(H,18,20). The molecule has 0 bridgehead atoms. The van der Waals surface area contributed by atoms with E-state index in [1.54, 1.807) is 24.5 Å². The van der Waals surface area contributed by atoms with Crippen molar-refractivity contribution in [3.05, 3.63) is 53.1 Å². The Hall–Kier alpha value is -2.47. The van der Waals surface area contributed by atoms with E-state index in [4.69, 9.17) is 5.84 Å². The van der Waals surface area contributed by atoms with E-state index >= 15 is 0 Å². The highest BCUT2D eigenvalue weighted by Crippen LogP contribution is 2.16. The van der Waals surface area contributed by atoms with Crippen molar-refractivity contribution in [1.82, 2.24) is 15.3 Å². The molecule has 0 aliphatic heterocycles. The van der Waals surface area contributed by atoms with Gasteiger partial charge in [0.15, 0.2) is 0 Å². The molecule has 0 atom stereocenters. The number of nitrogen functional groups attached to an aromatic ring is 1. The van der Waals surface area contributed by atoms with Gasteiger partial charge in [0, 0.05) is 6.20 Å². The number of hydrogen-bond donors (Lipinski definition) is 3. The fourth-order valence-corrected chi connectivity index (χ4v) is 1.75. The molecule has 0 saturated carbocycles. The van der Waals surface area contributed by atoms with E-state index in [9.17, 15) is 4.79 Å². The smallest absolute Gasteiger partial charge is 0.253 e. The van der Waals surface area contributed by atoms with Crippen LogP contribution in [0.2, 0.25) is 0 Å². The summed E-state index contributed by atoms with van der Waals surface area (Å²) < 4.78 is 0. The van der Waals surface area contributed by atoms with Gasteiger partial charge in [0.05, 0.1) is 35.4 Å². The van der Waals surface area contributed by atoms with Crippen LogP contribution in [-0.2, 0) is 6.54 Å². The van der Waals surface area contributed by atoms with Gasteiger partial charge in [-0.15, -0.1) is 0 Å². The lowest BCUT2D eigenvalue weighted by Gasteiger charge is -2.10. The van der Waals surface area contributed by atoms with Crippen LogP contribution in [0.3, 0.4) is 0 Å². The Morgan fingerprint density at radius 2 is 2.05 bits per heavy atom. The Morgan fingerprint density at radius 3 is 2.70 bits per heavy atom. The van der Waals surface area contributed by atoms with E-state index < -0.39 is 0 Å². The number of amides is 1. The van der Waals surface area contributed by atoms with E-state index in [1.807, 2.05) is 19.9 Å². The number of anilines is 1. The molecule has 1 heterocycles. The van der Waals surface area contributed by atoms with E-state index in [0.29, 0.717) is 23.5 Å². The van der Waals surface area contributed by atoms with Crippen molar-refractivity contribution >= 4 is 11.6 Å². The highest BCUT2D eigenvalue weighted by atomic mass is 16.1. The van der Waals surface area contributed by atoms with Crippen LogP contribution in [0.15, 0.2) is 30.6 Å². The Balaban J connectivity index is 2.08. The van der Waals surface area contributed by atoms with Crippen molar-refractivity contribution in [1.29, 1.82) is 0 Å². The summed E-state index contributed by atoms with van der Waals surface area (Å²) in [4.78, 5) is 20.5. The molecular formula is C14H17N5O.